The fourth-order valence-electron chi connectivity index (χ4n) is 1.38. The van der Waals surface area contributed by atoms with Crippen molar-refractivity contribution in [3.63, 3.8) is 0 Å². The van der Waals surface area contributed by atoms with Crippen LogP contribution < -0.4 is 0 Å². The quantitative estimate of drug-likeness (QED) is 0.494. The second kappa shape index (κ2) is 6.13. The Bertz CT molecular complexity index is 571. The predicted molar refractivity (Wildman–Crippen MR) is 86.2 cm³/mol. The highest BCUT2D eigenvalue weighted by atomic mass is 127. The first-order valence-electron chi connectivity index (χ1n) is 5.00. The summed E-state index contributed by atoms with van der Waals surface area (Å²) in [5.74, 6) is 0.645. The number of aryl methyl sites for hydroxylation is 1. The van der Waals surface area contributed by atoms with Crippen molar-refractivity contribution in [3.05, 3.63) is 29.8 Å². The Morgan fingerprint density at radius 2 is 2.22 bits per heavy atom. The molecule has 0 radical (unpaired) electrons. The van der Waals surface area contributed by atoms with Crippen LogP contribution in [0.1, 0.15) is 10.6 Å². The molecule has 2 rings (SSSR count). The average Bonchev–Trinajstić information content (AvgIpc) is 2.65. The fourth-order valence-corrected chi connectivity index (χ4v) is 3.43. The molecule has 2 heterocycles. The molecule has 0 amide bonds. The highest BCUT2D eigenvalue weighted by Gasteiger charge is 2.14. The van der Waals surface area contributed by atoms with Gasteiger partial charge in [-0.2, -0.15) is 0 Å². The Labute approximate surface area is 136 Å². The van der Waals surface area contributed by atoms with Gasteiger partial charge in [0.05, 0.1) is 20.7 Å². The van der Waals surface area contributed by atoms with Crippen LogP contribution in [0.2, 0.25) is 5.15 Å². The lowest BCUT2D eigenvalue weighted by molar-refractivity contribution is 0.181. The molecule has 0 saturated heterocycles. The average molecular weight is 460 g/mol. The normalized spacial score (nSPS) is 10.9. The number of ether oxygens (including phenoxy) is 1. The molecule has 0 aliphatic rings. The summed E-state index contributed by atoms with van der Waals surface area (Å²) in [6.45, 7) is 2.47. The maximum Gasteiger partial charge on any atom is 0.171 e. The Morgan fingerprint density at radius 3 is 2.78 bits per heavy atom. The van der Waals surface area contributed by atoms with Crippen LogP contribution in [0.25, 0.3) is 10.7 Å². The summed E-state index contributed by atoms with van der Waals surface area (Å²) in [6, 6.07) is 2.01. The molecule has 18 heavy (non-hydrogen) atoms. The summed E-state index contributed by atoms with van der Waals surface area (Å²) in [7, 11) is 1.64. The Morgan fingerprint density at radius 1 is 1.50 bits per heavy atom. The molecule has 0 bridgehead atoms. The summed E-state index contributed by atoms with van der Waals surface area (Å²) in [5.41, 5.74) is 0.815. The third-order valence-electron chi connectivity index (χ3n) is 2.24. The Hall–Kier alpha value is 0.240. The second-order valence-corrected chi connectivity index (χ2v) is 7.09. The van der Waals surface area contributed by atoms with E-state index in [0.29, 0.717) is 17.6 Å². The van der Waals surface area contributed by atoms with Gasteiger partial charge in [0.25, 0.3) is 0 Å². The monoisotopic (exact) mass is 458 g/mol. The van der Waals surface area contributed by atoms with Crippen LogP contribution in [-0.4, -0.2) is 17.1 Å². The number of nitrogens with zero attached hydrogens (tertiary/aromatic N) is 2. The molecule has 0 atom stereocenters. The van der Waals surface area contributed by atoms with Crippen molar-refractivity contribution in [2.75, 3.05) is 7.11 Å². The van der Waals surface area contributed by atoms with Crippen LogP contribution in [0.4, 0.5) is 0 Å². The second-order valence-electron chi connectivity index (χ2n) is 3.55. The van der Waals surface area contributed by atoms with Crippen molar-refractivity contribution in [1.29, 1.82) is 0 Å². The van der Waals surface area contributed by atoms with Crippen molar-refractivity contribution in [1.82, 2.24) is 9.97 Å². The molecule has 3 nitrogen and oxygen atoms in total. The van der Waals surface area contributed by atoms with Gasteiger partial charge in [-0.25, -0.2) is 9.97 Å². The van der Waals surface area contributed by atoms with E-state index in [2.05, 4.69) is 48.5 Å². The lowest BCUT2D eigenvalue weighted by Gasteiger charge is -2.06. The molecule has 0 aliphatic heterocycles. The highest BCUT2D eigenvalue weighted by Crippen LogP contribution is 2.33. The van der Waals surface area contributed by atoms with Gasteiger partial charge in [-0.3, -0.25) is 0 Å². The van der Waals surface area contributed by atoms with Gasteiger partial charge < -0.3 is 4.74 Å². The van der Waals surface area contributed by atoms with Gasteiger partial charge >= 0.3 is 0 Å². The van der Waals surface area contributed by atoms with Crippen molar-refractivity contribution < 1.29 is 4.74 Å². The number of thiophene rings is 1. The van der Waals surface area contributed by atoms with Crippen molar-refractivity contribution >= 4 is 61.5 Å². The van der Waals surface area contributed by atoms with E-state index in [0.717, 1.165) is 18.6 Å². The number of rotatable bonds is 3. The molecule has 0 aromatic carbocycles. The van der Waals surface area contributed by atoms with Gasteiger partial charge in [-0.05, 0) is 51.5 Å². The molecular formula is C11H9BrClIN2OS. The van der Waals surface area contributed by atoms with Gasteiger partial charge in [0, 0.05) is 16.5 Å². The van der Waals surface area contributed by atoms with Crippen LogP contribution in [0.3, 0.4) is 0 Å². The molecule has 0 aliphatic carbocycles. The molecule has 96 valence electrons. The van der Waals surface area contributed by atoms with Crippen molar-refractivity contribution in [2.24, 2.45) is 0 Å². The van der Waals surface area contributed by atoms with E-state index >= 15 is 0 Å². The van der Waals surface area contributed by atoms with Gasteiger partial charge in [0.1, 0.15) is 5.15 Å². The van der Waals surface area contributed by atoms with Crippen LogP contribution in [0.15, 0.2) is 10.5 Å². The molecule has 2 aromatic heterocycles. The van der Waals surface area contributed by atoms with Crippen molar-refractivity contribution in [2.45, 2.75) is 13.5 Å². The topological polar surface area (TPSA) is 35.0 Å². The molecule has 0 spiro atoms. The molecule has 7 heteroatoms. The summed E-state index contributed by atoms with van der Waals surface area (Å²) < 4.78 is 7.03. The third-order valence-corrected chi connectivity index (χ3v) is 6.10. The summed E-state index contributed by atoms with van der Waals surface area (Å²) in [4.78, 5) is 11.0. The fraction of sp³-hybridized carbons (Fsp3) is 0.273. The van der Waals surface area contributed by atoms with E-state index in [-0.39, 0.29) is 0 Å². The standard InChI is InChI=1S/C11H9BrClIN2OS/c1-5-6(12)3-8(18-5)11-15-7(4-17-2)9(14)10(13)16-11/h3H,4H2,1-2H3. The van der Waals surface area contributed by atoms with E-state index in [1.807, 2.05) is 13.0 Å². The van der Waals surface area contributed by atoms with Crippen molar-refractivity contribution in [3.8, 4) is 10.7 Å². The minimum atomic E-state index is 0.430. The maximum atomic E-state index is 6.13. The van der Waals surface area contributed by atoms with E-state index in [1.54, 1.807) is 18.4 Å². The summed E-state index contributed by atoms with van der Waals surface area (Å²) in [5, 5.41) is 0.467. The van der Waals surface area contributed by atoms with Gasteiger partial charge in [-0.15, -0.1) is 11.3 Å². The van der Waals surface area contributed by atoms with E-state index < -0.39 is 0 Å². The first-order chi connectivity index (χ1) is 8.52. The zero-order valence-electron chi connectivity index (χ0n) is 9.63. The van der Waals surface area contributed by atoms with Gasteiger partial charge in [0.2, 0.25) is 0 Å². The Kier molecular flexibility index (Phi) is 4.99. The van der Waals surface area contributed by atoms with Crippen LogP contribution in [0.5, 0.6) is 0 Å². The number of hydrogen-bond acceptors (Lipinski definition) is 4. The molecular weight excluding hydrogens is 450 g/mol. The van der Waals surface area contributed by atoms with Gasteiger partial charge in [0.15, 0.2) is 5.82 Å². The van der Waals surface area contributed by atoms with E-state index in [1.165, 1.54) is 4.88 Å². The minimum Gasteiger partial charge on any atom is -0.378 e. The molecule has 0 N–H and O–H groups in total. The minimum absolute atomic E-state index is 0.430. The highest BCUT2D eigenvalue weighted by molar-refractivity contribution is 14.1. The lowest BCUT2D eigenvalue weighted by atomic mass is 10.3. The zero-order valence-corrected chi connectivity index (χ0v) is 14.9. The number of halogens is 3. The van der Waals surface area contributed by atoms with Crippen LogP contribution in [-0.2, 0) is 11.3 Å². The van der Waals surface area contributed by atoms with Crippen LogP contribution in [0, 0.1) is 10.5 Å². The Balaban J connectivity index is 2.51. The third kappa shape index (κ3) is 3.04. The SMILES string of the molecule is COCc1nc(-c2cc(Br)c(C)s2)nc(Cl)c1I. The van der Waals surface area contributed by atoms with E-state index in [4.69, 9.17) is 16.3 Å². The smallest absolute Gasteiger partial charge is 0.171 e. The summed E-state index contributed by atoms with van der Waals surface area (Å²) >= 11 is 13.4. The van der Waals surface area contributed by atoms with Crippen LogP contribution >= 0.6 is 61.5 Å². The predicted octanol–water partition coefficient (Wildman–Crippen LogP) is 4.68. The number of hydrogen-bond donors (Lipinski definition) is 0. The zero-order chi connectivity index (χ0) is 13.3. The summed E-state index contributed by atoms with van der Waals surface area (Å²) in [6.07, 6.45) is 0. The first-order valence-corrected chi connectivity index (χ1v) is 8.06. The first kappa shape index (κ1) is 14.6. The van der Waals surface area contributed by atoms with Gasteiger partial charge in [-0.1, -0.05) is 11.6 Å². The molecule has 0 fully saturated rings. The maximum absolute atomic E-state index is 6.13. The number of aromatic nitrogens is 2. The molecule has 0 unspecified atom stereocenters. The molecule has 2 aromatic rings. The lowest BCUT2D eigenvalue weighted by Crippen LogP contribution is -2.01. The van der Waals surface area contributed by atoms with E-state index in [9.17, 15) is 0 Å². The largest absolute Gasteiger partial charge is 0.378 e. The molecule has 0 saturated carbocycles. The number of methoxy groups -OCH3 is 1.